The highest BCUT2D eigenvalue weighted by molar-refractivity contribution is 7.89. The molecule has 0 spiro atoms. The number of hydrogen-bond acceptors (Lipinski definition) is 5. The number of hydrogen-bond donors (Lipinski definition) is 1. The van der Waals surface area contributed by atoms with Crippen molar-refractivity contribution in [1.82, 2.24) is 9.62 Å². The molecule has 0 aliphatic carbocycles. The fourth-order valence-corrected chi connectivity index (χ4v) is 5.16. The van der Waals surface area contributed by atoms with Crippen molar-refractivity contribution in [3.63, 3.8) is 0 Å². The van der Waals surface area contributed by atoms with Crippen molar-refractivity contribution >= 4 is 27.5 Å². The van der Waals surface area contributed by atoms with Crippen molar-refractivity contribution in [2.24, 2.45) is 5.92 Å². The summed E-state index contributed by atoms with van der Waals surface area (Å²) in [5.74, 6) is 0.809. The molecule has 4 rings (SSSR count). The Balaban J connectivity index is 1.38. The summed E-state index contributed by atoms with van der Waals surface area (Å²) in [6.45, 7) is 1.11. The van der Waals surface area contributed by atoms with Crippen LogP contribution in [0.5, 0.6) is 11.5 Å². The maximum Gasteiger partial charge on any atom is 0.243 e. The number of amides is 1. The van der Waals surface area contributed by atoms with Crippen LogP contribution < -0.4 is 14.8 Å². The van der Waals surface area contributed by atoms with Gasteiger partial charge >= 0.3 is 0 Å². The van der Waals surface area contributed by atoms with Gasteiger partial charge in [-0.1, -0.05) is 17.7 Å². The molecule has 1 saturated heterocycles. The molecule has 0 saturated carbocycles. The number of fused-ring (bicyclic) bond motifs is 1. The molecular weight excluding hydrogens is 416 g/mol. The van der Waals surface area contributed by atoms with Crippen LogP contribution in [0.1, 0.15) is 18.4 Å². The number of carbonyl (C=O) groups excluding carboxylic acids is 1. The smallest absolute Gasteiger partial charge is 0.243 e. The van der Waals surface area contributed by atoms with Gasteiger partial charge < -0.3 is 14.8 Å². The monoisotopic (exact) mass is 436 g/mol. The Kier molecular flexibility index (Phi) is 5.67. The summed E-state index contributed by atoms with van der Waals surface area (Å²) in [4.78, 5) is 12.8. The lowest BCUT2D eigenvalue weighted by Crippen LogP contribution is -2.45. The minimum Gasteiger partial charge on any atom is -0.454 e. The minimum atomic E-state index is -3.65. The molecule has 2 aromatic rings. The molecule has 1 N–H and O–H groups in total. The van der Waals surface area contributed by atoms with Crippen LogP contribution in [0.4, 0.5) is 0 Å². The number of sulfonamides is 1. The predicted molar refractivity (Wildman–Crippen MR) is 107 cm³/mol. The van der Waals surface area contributed by atoms with Crippen LogP contribution in [-0.4, -0.2) is 38.5 Å². The molecule has 2 aliphatic rings. The molecule has 1 unspecified atom stereocenters. The lowest BCUT2D eigenvalue weighted by molar-refractivity contribution is -0.126. The quantitative estimate of drug-likeness (QED) is 0.779. The summed E-state index contributed by atoms with van der Waals surface area (Å²) in [6, 6.07) is 11.6. The van der Waals surface area contributed by atoms with Gasteiger partial charge in [0.2, 0.25) is 22.7 Å². The topological polar surface area (TPSA) is 84.9 Å². The minimum absolute atomic E-state index is 0.154. The molecule has 0 aromatic heterocycles. The Bertz CT molecular complexity index is 1010. The van der Waals surface area contributed by atoms with E-state index in [1.54, 1.807) is 12.1 Å². The van der Waals surface area contributed by atoms with E-state index >= 15 is 0 Å². The Hall–Kier alpha value is -2.29. The summed E-state index contributed by atoms with van der Waals surface area (Å²) in [5, 5.41) is 3.38. The molecule has 1 atom stereocenters. The maximum absolute atomic E-state index is 12.9. The fraction of sp³-hybridized carbons (Fsp3) is 0.350. The maximum atomic E-state index is 12.9. The normalized spacial score (nSPS) is 19.1. The van der Waals surface area contributed by atoms with E-state index in [9.17, 15) is 13.2 Å². The van der Waals surface area contributed by atoms with Gasteiger partial charge in [-0.05, 0) is 54.8 Å². The highest BCUT2D eigenvalue weighted by Crippen LogP contribution is 2.32. The summed E-state index contributed by atoms with van der Waals surface area (Å²) >= 11 is 5.85. The van der Waals surface area contributed by atoms with Crippen LogP contribution in [0.15, 0.2) is 47.4 Å². The number of ether oxygens (including phenoxy) is 2. The molecule has 7 nitrogen and oxygen atoms in total. The Labute approximate surface area is 174 Å². The number of nitrogens with one attached hydrogen (secondary N) is 1. The third-order valence-electron chi connectivity index (χ3n) is 5.11. The lowest BCUT2D eigenvalue weighted by atomic mass is 9.98. The predicted octanol–water partition coefficient (Wildman–Crippen LogP) is 2.79. The molecule has 0 bridgehead atoms. The van der Waals surface area contributed by atoms with Crippen LogP contribution in [0.25, 0.3) is 0 Å². The van der Waals surface area contributed by atoms with Crippen molar-refractivity contribution in [3.05, 3.63) is 53.1 Å². The number of rotatable bonds is 5. The summed E-state index contributed by atoms with van der Waals surface area (Å²) in [5.41, 5.74) is 0.893. The fourth-order valence-electron chi connectivity index (χ4n) is 3.51. The van der Waals surface area contributed by atoms with Gasteiger partial charge in [-0.15, -0.1) is 0 Å². The first-order chi connectivity index (χ1) is 13.9. The van der Waals surface area contributed by atoms with Gasteiger partial charge in [-0.3, -0.25) is 4.79 Å². The first kappa shape index (κ1) is 20.0. The van der Waals surface area contributed by atoms with E-state index in [4.69, 9.17) is 21.1 Å². The van der Waals surface area contributed by atoms with E-state index in [0.717, 1.165) is 5.56 Å². The third-order valence-corrected chi connectivity index (χ3v) is 7.24. The molecular formula is C20H21ClN2O5S. The summed E-state index contributed by atoms with van der Waals surface area (Å²) in [6.07, 6.45) is 1.29. The summed E-state index contributed by atoms with van der Waals surface area (Å²) in [7, 11) is -3.65. The van der Waals surface area contributed by atoms with Gasteiger partial charge in [0.1, 0.15) is 0 Å². The molecule has 1 amide bonds. The molecule has 29 heavy (non-hydrogen) atoms. The van der Waals surface area contributed by atoms with E-state index in [2.05, 4.69) is 5.32 Å². The van der Waals surface area contributed by atoms with Crippen LogP contribution in [0.3, 0.4) is 0 Å². The molecule has 0 radical (unpaired) electrons. The van der Waals surface area contributed by atoms with Crippen LogP contribution in [-0.2, 0) is 21.4 Å². The highest BCUT2D eigenvalue weighted by Gasteiger charge is 2.33. The Morgan fingerprint density at radius 1 is 1.14 bits per heavy atom. The Morgan fingerprint density at radius 2 is 1.90 bits per heavy atom. The second-order valence-electron chi connectivity index (χ2n) is 7.06. The van der Waals surface area contributed by atoms with E-state index in [1.807, 2.05) is 18.2 Å². The van der Waals surface area contributed by atoms with Crippen molar-refractivity contribution in [2.45, 2.75) is 24.3 Å². The van der Waals surface area contributed by atoms with Gasteiger partial charge in [0.05, 0.1) is 10.8 Å². The first-order valence-electron chi connectivity index (χ1n) is 9.35. The van der Waals surface area contributed by atoms with Crippen molar-refractivity contribution < 1.29 is 22.7 Å². The molecule has 9 heteroatoms. The number of carbonyl (C=O) groups is 1. The van der Waals surface area contributed by atoms with Crippen molar-refractivity contribution in [2.75, 3.05) is 19.9 Å². The second kappa shape index (κ2) is 8.22. The number of nitrogens with zero attached hydrogens (tertiary/aromatic N) is 1. The van der Waals surface area contributed by atoms with Crippen LogP contribution >= 0.6 is 11.6 Å². The summed E-state index contributed by atoms with van der Waals surface area (Å²) < 4.78 is 37.8. The van der Waals surface area contributed by atoms with Gasteiger partial charge in [-0.25, -0.2) is 8.42 Å². The molecule has 154 valence electrons. The van der Waals surface area contributed by atoms with Gasteiger partial charge in [0, 0.05) is 24.7 Å². The number of piperidine rings is 1. The van der Waals surface area contributed by atoms with E-state index in [1.165, 1.54) is 16.4 Å². The van der Waals surface area contributed by atoms with Crippen molar-refractivity contribution in [1.29, 1.82) is 0 Å². The molecule has 2 heterocycles. The van der Waals surface area contributed by atoms with Crippen LogP contribution in [0.2, 0.25) is 5.02 Å². The average molecular weight is 437 g/mol. The van der Waals surface area contributed by atoms with E-state index in [0.29, 0.717) is 42.5 Å². The van der Waals surface area contributed by atoms with Crippen molar-refractivity contribution in [3.8, 4) is 11.5 Å². The zero-order chi connectivity index (χ0) is 20.4. The van der Waals surface area contributed by atoms with Gasteiger partial charge in [0.15, 0.2) is 11.5 Å². The average Bonchev–Trinajstić information content (AvgIpc) is 3.20. The number of benzene rings is 2. The SMILES string of the molecule is O=C(NCc1ccc2c(c1)OCO2)C1CCCN(S(=O)(=O)c2ccc(Cl)cc2)C1. The Morgan fingerprint density at radius 3 is 2.69 bits per heavy atom. The zero-order valence-electron chi connectivity index (χ0n) is 15.6. The molecule has 2 aliphatic heterocycles. The van der Waals surface area contributed by atoms with E-state index < -0.39 is 10.0 Å². The first-order valence-corrected chi connectivity index (χ1v) is 11.2. The zero-order valence-corrected chi connectivity index (χ0v) is 17.2. The van der Waals surface area contributed by atoms with Crippen LogP contribution in [0, 0.1) is 5.92 Å². The van der Waals surface area contributed by atoms with Gasteiger partial charge in [0.25, 0.3) is 0 Å². The lowest BCUT2D eigenvalue weighted by Gasteiger charge is -2.31. The third kappa shape index (κ3) is 4.34. The second-order valence-corrected chi connectivity index (χ2v) is 9.44. The molecule has 1 fully saturated rings. The largest absolute Gasteiger partial charge is 0.454 e. The standard InChI is InChI=1S/C20H21ClN2O5S/c21-16-4-6-17(7-5-16)29(25,26)23-9-1-2-15(12-23)20(24)22-11-14-3-8-18-19(10-14)28-13-27-18/h3-8,10,15H,1-2,9,11-13H2,(H,22,24). The number of halogens is 1. The highest BCUT2D eigenvalue weighted by atomic mass is 35.5. The van der Waals surface area contributed by atoms with Gasteiger partial charge in [-0.2, -0.15) is 4.31 Å². The molecule has 2 aromatic carbocycles. The van der Waals surface area contributed by atoms with E-state index in [-0.39, 0.29) is 30.1 Å².